The fourth-order valence-corrected chi connectivity index (χ4v) is 4.13. The summed E-state index contributed by atoms with van der Waals surface area (Å²) in [7, 11) is -12.9. The van der Waals surface area contributed by atoms with Crippen LogP contribution in [0.15, 0.2) is 78.9 Å². The second kappa shape index (κ2) is 19.6. The van der Waals surface area contributed by atoms with Gasteiger partial charge in [0.05, 0.1) is 0 Å². The molecule has 2 aromatic carbocycles. The predicted octanol–water partition coefficient (Wildman–Crippen LogP) is 4.47. The van der Waals surface area contributed by atoms with Crippen molar-refractivity contribution in [2.45, 2.75) is 68.2 Å². The Labute approximate surface area is 333 Å². The molecule has 0 aliphatic heterocycles. The Morgan fingerprint density at radius 3 is 1.38 bits per heavy atom. The molecule has 2 unspecified atom stereocenters. The average molecular weight is 920 g/mol. The lowest BCUT2D eigenvalue weighted by Gasteiger charge is -2.34. The SMILES string of the molecule is C=C(C)C(=O)OC(OCC(F)(F)S(=O)(=O)[O-])(C(=O)Cc1ccc(C)cc1)C(F)(F)F.C=C(C)C(=O)OC(OCC(F)(F)S(=O)(=O)[O-])(C(=O)NCc1ccccc1)C(F)(F)F. The Hall–Kier alpha value is -4.96. The summed E-state index contributed by atoms with van der Waals surface area (Å²) < 4.78 is 215. The minimum atomic E-state index is -6.46. The van der Waals surface area contributed by atoms with E-state index in [1.807, 2.05) is 0 Å². The molecule has 0 bridgehead atoms. The van der Waals surface area contributed by atoms with Crippen molar-refractivity contribution in [3.63, 3.8) is 0 Å². The molecule has 1 N–H and O–H groups in total. The third-order valence-corrected chi connectivity index (χ3v) is 8.68. The molecular weight excluding hydrogens is 888 g/mol. The first-order valence-corrected chi connectivity index (χ1v) is 18.5. The highest BCUT2D eigenvalue weighted by Crippen LogP contribution is 2.40. The van der Waals surface area contributed by atoms with E-state index in [1.165, 1.54) is 48.5 Å². The molecule has 60 heavy (non-hydrogen) atoms. The van der Waals surface area contributed by atoms with Crippen LogP contribution in [0.1, 0.15) is 30.5 Å². The van der Waals surface area contributed by atoms with Crippen LogP contribution in [-0.4, -0.2) is 97.2 Å². The van der Waals surface area contributed by atoms with Crippen molar-refractivity contribution in [2.24, 2.45) is 0 Å². The molecule has 0 heterocycles. The molecule has 1 amide bonds. The Morgan fingerprint density at radius 1 is 0.633 bits per heavy atom. The molecule has 0 saturated heterocycles. The number of ether oxygens (including phenoxy) is 4. The van der Waals surface area contributed by atoms with Crippen molar-refractivity contribution < 1.29 is 108 Å². The smallest absolute Gasteiger partial charge is 0.466 e. The number of rotatable bonds is 18. The molecule has 0 aliphatic carbocycles. The quantitative estimate of drug-likeness (QED) is 0.0715. The van der Waals surface area contributed by atoms with Crippen molar-refractivity contribution in [3.05, 3.63) is 95.6 Å². The summed E-state index contributed by atoms with van der Waals surface area (Å²) in [6.45, 7) is 3.48. The van der Waals surface area contributed by atoms with Gasteiger partial charge in [0, 0.05) is 24.1 Å². The number of esters is 2. The monoisotopic (exact) mass is 919 g/mol. The molecule has 0 saturated carbocycles. The summed E-state index contributed by atoms with van der Waals surface area (Å²) in [6, 6.07) is 12.7. The summed E-state index contributed by atoms with van der Waals surface area (Å²) in [6.07, 6.45) is -13.0. The highest BCUT2D eigenvalue weighted by Gasteiger charge is 2.68. The number of nitrogens with one attached hydrogen (secondary N) is 1. The fourth-order valence-electron chi connectivity index (χ4n) is 3.73. The van der Waals surface area contributed by atoms with E-state index in [0.717, 1.165) is 13.8 Å². The van der Waals surface area contributed by atoms with E-state index in [-0.39, 0.29) is 11.1 Å². The number of hydrogen-bond acceptors (Lipinski definition) is 14. The first kappa shape index (κ1) is 53.1. The van der Waals surface area contributed by atoms with Crippen LogP contribution < -0.4 is 5.32 Å². The molecule has 2 aromatic rings. The summed E-state index contributed by atoms with van der Waals surface area (Å²) in [5.74, 6) is -17.2. The van der Waals surface area contributed by atoms with Gasteiger partial charge in [0.1, 0.15) is 13.2 Å². The Morgan fingerprint density at radius 2 is 1.02 bits per heavy atom. The fraction of sp³-hybridized carbons (Fsp3) is 0.394. The number of benzene rings is 2. The third kappa shape index (κ3) is 13.8. The number of aryl methyl sites for hydroxylation is 1. The minimum absolute atomic E-state index is 0.0163. The summed E-state index contributed by atoms with van der Waals surface area (Å²) in [4.78, 5) is 48.1. The molecule has 15 nitrogen and oxygen atoms in total. The van der Waals surface area contributed by atoms with E-state index in [9.17, 15) is 89.0 Å². The second-order valence-electron chi connectivity index (χ2n) is 12.1. The first-order valence-electron chi connectivity index (χ1n) is 15.7. The van der Waals surface area contributed by atoms with Gasteiger partial charge >= 0.3 is 52.3 Å². The molecule has 0 radical (unpaired) electrons. The molecule has 0 spiro atoms. The topological polar surface area (TPSA) is 232 Å². The van der Waals surface area contributed by atoms with Crippen molar-refractivity contribution >= 4 is 43.9 Å². The Bertz CT molecular complexity index is 2130. The van der Waals surface area contributed by atoms with E-state index < -0.39 is 116 Å². The van der Waals surface area contributed by atoms with Crippen LogP contribution in [-0.2, 0) is 71.3 Å². The highest BCUT2D eigenvalue weighted by molar-refractivity contribution is 7.87. The number of hydrogen-bond donors (Lipinski definition) is 1. The van der Waals surface area contributed by atoms with Gasteiger partial charge in [-0.15, -0.1) is 0 Å². The Balaban J connectivity index is 0.000000600. The molecule has 2 atom stereocenters. The van der Waals surface area contributed by atoms with Gasteiger partial charge in [-0.05, 0) is 31.9 Å². The maximum absolute atomic E-state index is 13.8. The standard InChI is InChI=1S/C17H17F5O7S.C16H16F5NO7S/c1-10(2)14(24)29-16(17(20,21)22,28-9-15(18,19)30(25,26)27)13(23)8-12-6-4-11(3)5-7-12;1-10(2)12(23)29-15(16(19,20)21,28-9-14(17,18)30(25,26)27)13(24)22-8-11-6-4-3-5-7-11/h4-7H,1,8-9H2,2-3H3,(H,25,26,27);3-7H,1,8-9H2,2H3,(H,22,24)(H,25,26,27)/p-2. The lowest BCUT2D eigenvalue weighted by Crippen LogP contribution is -2.62. The number of alkyl halides is 10. The average Bonchev–Trinajstić information content (AvgIpc) is 3.10. The molecular formula is C33H31F10NO14S2-2. The zero-order valence-corrected chi connectivity index (χ0v) is 32.4. The van der Waals surface area contributed by atoms with E-state index >= 15 is 0 Å². The second-order valence-corrected chi connectivity index (χ2v) is 15.1. The van der Waals surface area contributed by atoms with Gasteiger partial charge in [-0.25, -0.2) is 26.4 Å². The lowest BCUT2D eigenvalue weighted by molar-refractivity contribution is -0.352. The van der Waals surface area contributed by atoms with Crippen LogP contribution in [0.4, 0.5) is 43.9 Å². The maximum atomic E-state index is 13.8. The summed E-state index contributed by atoms with van der Waals surface area (Å²) in [5.41, 5.74) is -0.346. The Kier molecular flexibility index (Phi) is 17.3. The van der Waals surface area contributed by atoms with Crippen molar-refractivity contribution in [1.29, 1.82) is 0 Å². The summed E-state index contributed by atoms with van der Waals surface area (Å²) >= 11 is 0. The van der Waals surface area contributed by atoms with Gasteiger partial charge in [0.2, 0.25) is 5.78 Å². The van der Waals surface area contributed by atoms with Gasteiger partial charge in [-0.2, -0.15) is 43.9 Å². The number of halogens is 10. The zero-order chi connectivity index (χ0) is 46.9. The molecule has 0 aromatic heterocycles. The minimum Gasteiger partial charge on any atom is -0.743 e. The van der Waals surface area contributed by atoms with Crippen molar-refractivity contribution in [2.75, 3.05) is 13.2 Å². The van der Waals surface area contributed by atoms with Crippen LogP contribution in [0.25, 0.3) is 0 Å². The van der Waals surface area contributed by atoms with Crippen molar-refractivity contribution in [3.8, 4) is 0 Å². The highest BCUT2D eigenvalue weighted by atomic mass is 32.2. The molecule has 2 rings (SSSR count). The first-order chi connectivity index (χ1) is 27.0. The molecule has 0 fully saturated rings. The largest absolute Gasteiger partial charge is 0.743 e. The predicted molar refractivity (Wildman–Crippen MR) is 179 cm³/mol. The maximum Gasteiger partial charge on any atom is 0.466 e. The van der Waals surface area contributed by atoms with Crippen LogP contribution in [0.3, 0.4) is 0 Å². The number of Topliss-reactive ketones (excluding diaryl/α,β-unsaturated/α-hetero) is 1. The van der Waals surface area contributed by atoms with E-state index in [4.69, 9.17) is 0 Å². The van der Waals surface area contributed by atoms with Gasteiger partial charge in [0.25, 0.3) is 0 Å². The van der Waals surface area contributed by atoms with Gasteiger partial charge < -0.3 is 33.4 Å². The van der Waals surface area contributed by atoms with E-state index in [2.05, 4.69) is 32.1 Å². The van der Waals surface area contributed by atoms with Gasteiger partial charge in [-0.1, -0.05) is 73.3 Å². The number of amides is 1. The number of ketones is 1. The number of carbonyl (C=O) groups excluding carboxylic acids is 4. The van der Waals surface area contributed by atoms with Crippen molar-refractivity contribution in [1.82, 2.24) is 5.32 Å². The van der Waals surface area contributed by atoms with Crippen LogP contribution in [0, 0.1) is 6.92 Å². The van der Waals surface area contributed by atoms with E-state index in [0.29, 0.717) is 5.56 Å². The van der Waals surface area contributed by atoms with Crippen LogP contribution in [0.2, 0.25) is 0 Å². The van der Waals surface area contributed by atoms with Gasteiger partial charge in [0.15, 0.2) is 20.2 Å². The molecule has 0 aliphatic rings. The van der Waals surface area contributed by atoms with E-state index in [1.54, 1.807) is 18.3 Å². The third-order valence-electron chi connectivity index (χ3n) is 6.98. The lowest BCUT2D eigenvalue weighted by atomic mass is 10.0. The summed E-state index contributed by atoms with van der Waals surface area (Å²) in [5, 5.41) is -9.00. The van der Waals surface area contributed by atoms with Crippen LogP contribution >= 0.6 is 0 Å². The molecule has 27 heteroatoms. The molecule has 336 valence electrons. The normalized spacial score (nSPS) is 14.6. The number of carbonyl (C=O) groups is 4. The van der Waals surface area contributed by atoms with Gasteiger partial charge in [-0.3, -0.25) is 9.59 Å². The van der Waals surface area contributed by atoms with Crippen LogP contribution in [0.5, 0.6) is 0 Å². The zero-order valence-electron chi connectivity index (χ0n) is 30.8.